The average Bonchev–Trinajstić information content (AvgIpc) is 3.30. The van der Waals surface area contributed by atoms with Crippen LogP contribution in [0.2, 0.25) is 0 Å². The SMILES string of the molecule is Cc1nn(-c2cccc(S(=O)(=O)O)c2)c(N)c1N=Nc1nc2cccc(SOOO)c2s1. The normalized spacial score (nSPS) is 12.2. The highest BCUT2D eigenvalue weighted by molar-refractivity contribution is 7.95. The number of fused-ring (bicyclic) bond motifs is 1. The number of thiazole rings is 1. The summed E-state index contributed by atoms with van der Waals surface area (Å²) in [7, 11) is -4.38. The first-order valence-corrected chi connectivity index (χ1v) is 11.7. The number of aryl methyl sites for hydroxylation is 1. The monoisotopic (exact) mass is 494 g/mol. The second-order valence-corrected chi connectivity index (χ2v) is 9.37. The molecular weight excluding hydrogens is 480 g/mol. The lowest BCUT2D eigenvalue weighted by Crippen LogP contribution is -2.04. The zero-order valence-electron chi connectivity index (χ0n) is 16.1. The second-order valence-electron chi connectivity index (χ2n) is 6.23. The van der Waals surface area contributed by atoms with Gasteiger partial charge in [0.2, 0.25) is 5.13 Å². The predicted octanol–water partition coefficient (Wildman–Crippen LogP) is 4.46. The van der Waals surface area contributed by atoms with E-state index in [0.717, 1.165) is 16.7 Å². The lowest BCUT2D eigenvalue weighted by Gasteiger charge is -2.05. The van der Waals surface area contributed by atoms with Gasteiger partial charge >= 0.3 is 0 Å². The Bertz CT molecular complexity index is 1430. The molecule has 0 spiro atoms. The molecule has 15 heteroatoms. The maximum absolute atomic E-state index is 11.4. The molecule has 0 bridgehead atoms. The Morgan fingerprint density at radius 2 is 2.00 bits per heavy atom. The third kappa shape index (κ3) is 4.49. The molecule has 0 saturated heterocycles. The Labute approximate surface area is 189 Å². The van der Waals surface area contributed by atoms with E-state index in [0.29, 0.717) is 26.9 Å². The lowest BCUT2D eigenvalue weighted by atomic mass is 10.3. The fraction of sp³-hybridized carbons (Fsp3) is 0.0588. The number of hydrogen-bond acceptors (Lipinski definition) is 12. The molecule has 2 aromatic heterocycles. The van der Waals surface area contributed by atoms with Crippen molar-refractivity contribution in [1.29, 1.82) is 0 Å². The van der Waals surface area contributed by atoms with Gasteiger partial charge in [0.15, 0.2) is 11.5 Å². The summed E-state index contributed by atoms with van der Waals surface area (Å²) in [6.45, 7) is 1.67. The van der Waals surface area contributed by atoms with E-state index in [1.54, 1.807) is 31.2 Å². The van der Waals surface area contributed by atoms with Crippen LogP contribution in [-0.2, 0) is 19.5 Å². The van der Waals surface area contributed by atoms with Gasteiger partial charge in [0.1, 0.15) is 0 Å². The van der Waals surface area contributed by atoms with Crippen LogP contribution >= 0.6 is 23.4 Å². The third-order valence-electron chi connectivity index (χ3n) is 4.18. The first-order valence-electron chi connectivity index (χ1n) is 8.67. The standard InChI is InChI=1S/C17H14N6O6S3/c1-9-14(16(18)23(22-9)10-4-2-5-11(8-10)32(25,26)27)20-21-17-19-12-6-3-7-13(15(12)30-17)31-29-28-24/h2-8,24H,18H2,1H3,(H,25,26,27). The van der Waals surface area contributed by atoms with Crippen LogP contribution < -0.4 is 5.73 Å². The van der Waals surface area contributed by atoms with Gasteiger partial charge in [-0.2, -0.15) is 13.5 Å². The van der Waals surface area contributed by atoms with Crippen molar-refractivity contribution in [2.24, 2.45) is 10.2 Å². The van der Waals surface area contributed by atoms with E-state index in [1.165, 1.54) is 34.2 Å². The molecule has 4 rings (SSSR count). The number of nitrogens with two attached hydrogens (primary N) is 1. The molecule has 2 aromatic carbocycles. The van der Waals surface area contributed by atoms with Crippen LogP contribution in [0, 0.1) is 6.92 Å². The van der Waals surface area contributed by atoms with Crippen molar-refractivity contribution in [2.75, 3.05) is 5.73 Å². The lowest BCUT2D eigenvalue weighted by molar-refractivity contribution is -0.432. The maximum Gasteiger partial charge on any atom is 0.294 e. The highest BCUT2D eigenvalue weighted by Gasteiger charge is 2.17. The second kappa shape index (κ2) is 8.91. The predicted molar refractivity (Wildman–Crippen MR) is 117 cm³/mol. The van der Waals surface area contributed by atoms with E-state index in [-0.39, 0.29) is 16.4 Å². The van der Waals surface area contributed by atoms with E-state index in [4.69, 9.17) is 11.0 Å². The molecule has 4 aromatic rings. The summed E-state index contributed by atoms with van der Waals surface area (Å²) < 4.78 is 38.6. The van der Waals surface area contributed by atoms with Crippen molar-refractivity contribution < 1.29 is 27.6 Å². The molecule has 0 saturated carbocycles. The molecule has 0 aliphatic carbocycles. The molecule has 0 unspecified atom stereocenters. The van der Waals surface area contributed by atoms with Crippen LogP contribution in [0.15, 0.2) is 62.5 Å². The highest BCUT2D eigenvalue weighted by Crippen LogP contribution is 2.37. The minimum absolute atomic E-state index is 0.129. The number of nitrogens with zero attached hydrogens (tertiary/aromatic N) is 5. The molecule has 4 N–H and O–H groups in total. The zero-order valence-corrected chi connectivity index (χ0v) is 18.6. The van der Waals surface area contributed by atoms with Crippen LogP contribution in [0.3, 0.4) is 0 Å². The van der Waals surface area contributed by atoms with Gasteiger partial charge in [0.05, 0.1) is 43.4 Å². The van der Waals surface area contributed by atoms with Crippen LogP contribution in [-0.4, -0.2) is 33.0 Å². The largest absolute Gasteiger partial charge is 0.382 e. The summed E-state index contributed by atoms with van der Waals surface area (Å²) in [6.07, 6.45) is 0. The smallest absolute Gasteiger partial charge is 0.294 e. The molecule has 2 heterocycles. The van der Waals surface area contributed by atoms with Gasteiger partial charge in [-0.3, -0.25) is 4.55 Å². The number of hydrogen-bond donors (Lipinski definition) is 3. The number of rotatable bonds is 7. The van der Waals surface area contributed by atoms with Gasteiger partial charge in [-0.15, -0.1) is 14.6 Å². The maximum atomic E-state index is 11.4. The van der Waals surface area contributed by atoms with Crippen molar-refractivity contribution in [1.82, 2.24) is 14.8 Å². The zero-order chi connectivity index (χ0) is 22.9. The Morgan fingerprint density at radius 1 is 1.22 bits per heavy atom. The van der Waals surface area contributed by atoms with Gasteiger partial charge in [0, 0.05) is 0 Å². The van der Waals surface area contributed by atoms with Crippen LogP contribution in [0.5, 0.6) is 0 Å². The topological polar surface area (TPSA) is 175 Å². The summed E-state index contributed by atoms with van der Waals surface area (Å²) in [5.41, 5.74) is 7.89. The van der Waals surface area contributed by atoms with Crippen LogP contribution in [0.4, 0.5) is 16.6 Å². The molecule has 0 aliphatic heterocycles. The van der Waals surface area contributed by atoms with Gasteiger partial charge in [-0.1, -0.05) is 28.5 Å². The summed E-state index contributed by atoms with van der Waals surface area (Å²) in [5.74, 6) is 0.129. The fourth-order valence-electron chi connectivity index (χ4n) is 2.80. The first kappa shape index (κ1) is 22.3. The van der Waals surface area contributed by atoms with E-state index in [9.17, 15) is 13.0 Å². The molecule has 166 valence electrons. The first-order chi connectivity index (χ1) is 15.3. The Morgan fingerprint density at radius 3 is 2.75 bits per heavy atom. The molecule has 0 atom stereocenters. The number of azo groups is 1. The molecule has 12 nitrogen and oxygen atoms in total. The summed E-state index contributed by atoms with van der Waals surface area (Å²) in [5, 5.41) is 25.0. The minimum Gasteiger partial charge on any atom is -0.382 e. The third-order valence-corrected chi connectivity index (χ3v) is 6.80. The summed E-state index contributed by atoms with van der Waals surface area (Å²) >= 11 is 2.06. The molecule has 0 fully saturated rings. The van der Waals surface area contributed by atoms with Crippen molar-refractivity contribution in [3.63, 3.8) is 0 Å². The number of benzene rings is 2. The Kier molecular flexibility index (Phi) is 6.20. The van der Waals surface area contributed by atoms with E-state index < -0.39 is 10.1 Å². The van der Waals surface area contributed by atoms with Crippen molar-refractivity contribution in [3.8, 4) is 5.69 Å². The van der Waals surface area contributed by atoms with E-state index in [1.807, 2.05) is 0 Å². The van der Waals surface area contributed by atoms with Gasteiger partial charge in [-0.05, 0) is 37.3 Å². The average molecular weight is 495 g/mol. The van der Waals surface area contributed by atoms with E-state index in [2.05, 4.69) is 29.7 Å². The van der Waals surface area contributed by atoms with Crippen molar-refractivity contribution in [3.05, 3.63) is 48.2 Å². The fourth-order valence-corrected chi connectivity index (χ4v) is 4.76. The Balaban J connectivity index is 1.67. The van der Waals surface area contributed by atoms with Gasteiger partial charge < -0.3 is 5.73 Å². The molecule has 0 radical (unpaired) electrons. The van der Waals surface area contributed by atoms with Gasteiger partial charge in [-0.25, -0.2) is 14.9 Å². The quantitative estimate of drug-likeness (QED) is 0.109. The number of aromatic nitrogens is 3. The summed E-state index contributed by atoms with van der Waals surface area (Å²) in [4.78, 5) is 4.76. The van der Waals surface area contributed by atoms with Crippen molar-refractivity contribution in [2.45, 2.75) is 16.7 Å². The van der Waals surface area contributed by atoms with Crippen LogP contribution in [0.25, 0.3) is 15.9 Å². The molecule has 0 amide bonds. The van der Waals surface area contributed by atoms with Crippen molar-refractivity contribution >= 4 is 60.4 Å². The highest BCUT2D eigenvalue weighted by atomic mass is 32.2. The number of nitrogen functional groups attached to an aromatic ring is 1. The van der Waals surface area contributed by atoms with E-state index >= 15 is 0 Å². The molecule has 32 heavy (non-hydrogen) atoms. The van der Waals surface area contributed by atoms with Gasteiger partial charge in [0.25, 0.3) is 10.1 Å². The molecule has 0 aliphatic rings. The molecular formula is C17H14N6O6S3. The van der Waals surface area contributed by atoms with Crippen LogP contribution in [0.1, 0.15) is 5.69 Å². The summed E-state index contributed by atoms with van der Waals surface area (Å²) in [6, 6.07) is 10.8. The minimum atomic E-state index is -4.38. The Hall–Kier alpha value is -2.92. The number of anilines is 1.